The molecule has 16 heavy (non-hydrogen) atoms. The second kappa shape index (κ2) is 4.95. The fraction of sp³-hybridized carbons (Fsp3) is 0.167. The van der Waals surface area contributed by atoms with Gasteiger partial charge in [-0.05, 0) is 47.1 Å². The van der Waals surface area contributed by atoms with E-state index >= 15 is 0 Å². The average molecular weight is 256 g/mol. The van der Waals surface area contributed by atoms with Crippen LogP contribution >= 0.6 is 22.9 Å². The van der Waals surface area contributed by atoms with Gasteiger partial charge in [0.1, 0.15) is 5.82 Å². The third-order valence-corrected chi connectivity index (χ3v) is 3.43. The zero-order chi connectivity index (χ0) is 11.5. The number of halogens is 2. The van der Waals surface area contributed by atoms with E-state index in [2.05, 4.69) is 10.7 Å². The van der Waals surface area contributed by atoms with Crippen LogP contribution in [0.5, 0.6) is 0 Å². The molecule has 0 saturated carbocycles. The summed E-state index contributed by atoms with van der Waals surface area (Å²) >= 11 is 7.41. The van der Waals surface area contributed by atoms with Crippen molar-refractivity contribution in [2.24, 2.45) is 0 Å². The minimum Gasteiger partial charge on any atom is -0.309 e. The summed E-state index contributed by atoms with van der Waals surface area (Å²) in [7, 11) is 1.87. The predicted octanol–water partition coefficient (Wildman–Crippen LogP) is 3.85. The Kier molecular flexibility index (Phi) is 3.59. The monoisotopic (exact) mass is 255 g/mol. The highest BCUT2D eigenvalue weighted by Crippen LogP contribution is 2.26. The first-order valence-corrected chi connectivity index (χ1v) is 6.18. The van der Waals surface area contributed by atoms with Crippen LogP contribution in [-0.4, -0.2) is 7.05 Å². The van der Waals surface area contributed by atoms with E-state index in [1.807, 2.05) is 18.5 Å². The molecule has 1 aromatic heterocycles. The van der Waals surface area contributed by atoms with Crippen LogP contribution in [0, 0.1) is 5.82 Å². The molecule has 1 atom stereocenters. The van der Waals surface area contributed by atoms with Crippen molar-refractivity contribution >= 4 is 22.9 Å². The molecule has 0 spiro atoms. The van der Waals surface area contributed by atoms with Crippen molar-refractivity contribution in [2.45, 2.75) is 6.04 Å². The Morgan fingerprint density at radius 3 is 2.69 bits per heavy atom. The quantitative estimate of drug-likeness (QED) is 0.879. The number of hydrogen-bond donors (Lipinski definition) is 1. The summed E-state index contributed by atoms with van der Waals surface area (Å²) in [5.74, 6) is -0.384. The van der Waals surface area contributed by atoms with E-state index in [0.717, 1.165) is 11.1 Å². The maximum atomic E-state index is 13.1. The molecule has 0 aliphatic heterocycles. The average Bonchev–Trinajstić information content (AvgIpc) is 2.78. The van der Waals surface area contributed by atoms with Gasteiger partial charge in [-0.25, -0.2) is 4.39 Å². The summed E-state index contributed by atoms with van der Waals surface area (Å²) in [6.45, 7) is 0. The van der Waals surface area contributed by atoms with E-state index in [4.69, 9.17) is 11.6 Å². The molecule has 0 radical (unpaired) electrons. The van der Waals surface area contributed by atoms with Crippen molar-refractivity contribution in [3.05, 3.63) is 57.0 Å². The first kappa shape index (κ1) is 11.6. The molecule has 0 aliphatic carbocycles. The summed E-state index contributed by atoms with van der Waals surface area (Å²) in [6.07, 6.45) is 0. The number of nitrogens with one attached hydrogen (secondary N) is 1. The Morgan fingerprint density at radius 1 is 1.31 bits per heavy atom. The molecule has 2 rings (SSSR count). The first-order chi connectivity index (χ1) is 7.72. The van der Waals surface area contributed by atoms with Crippen LogP contribution in [0.2, 0.25) is 5.02 Å². The van der Waals surface area contributed by atoms with Crippen LogP contribution in [0.4, 0.5) is 4.39 Å². The third-order valence-electron chi connectivity index (χ3n) is 2.44. The molecule has 1 N–H and O–H groups in total. The molecule has 0 aliphatic rings. The lowest BCUT2D eigenvalue weighted by molar-refractivity contribution is 0.624. The zero-order valence-electron chi connectivity index (χ0n) is 8.71. The summed E-state index contributed by atoms with van der Waals surface area (Å²) < 4.78 is 13.1. The third kappa shape index (κ3) is 2.26. The number of thiophene rings is 1. The van der Waals surface area contributed by atoms with Crippen molar-refractivity contribution in [1.29, 1.82) is 0 Å². The van der Waals surface area contributed by atoms with E-state index in [1.54, 1.807) is 23.5 Å². The second-order valence-electron chi connectivity index (χ2n) is 3.45. The first-order valence-electron chi connectivity index (χ1n) is 4.86. The van der Waals surface area contributed by atoms with Gasteiger partial charge in [0.2, 0.25) is 0 Å². The normalized spacial score (nSPS) is 12.7. The van der Waals surface area contributed by atoms with Crippen LogP contribution < -0.4 is 5.32 Å². The van der Waals surface area contributed by atoms with Crippen molar-refractivity contribution in [3.63, 3.8) is 0 Å². The minimum atomic E-state index is -0.384. The molecule has 1 aromatic carbocycles. The fourth-order valence-electron chi connectivity index (χ4n) is 1.66. The van der Waals surface area contributed by atoms with Gasteiger partial charge in [0, 0.05) is 0 Å². The Balaban J connectivity index is 2.37. The molecule has 0 bridgehead atoms. The molecular formula is C12H11ClFNS. The lowest BCUT2D eigenvalue weighted by Crippen LogP contribution is -2.16. The summed E-state index contributed by atoms with van der Waals surface area (Å²) in [5, 5.41) is 7.44. The van der Waals surface area contributed by atoms with Crippen molar-refractivity contribution in [2.75, 3.05) is 7.05 Å². The molecular weight excluding hydrogens is 245 g/mol. The number of benzene rings is 1. The standard InChI is InChI=1S/C12H11ClFNS/c1-15-12(9-4-5-16-7-9)8-2-3-11(14)10(13)6-8/h2-7,12,15H,1H3. The number of hydrogen-bond acceptors (Lipinski definition) is 2. The van der Waals surface area contributed by atoms with Gasteiger partial charge < -0.3 is 5.32 Å². The highest BCUT2D eigenvalue weighted by atomic mass is 35.5. The van der Waals surface area contributed by atoms with Gasteiger partial charge in [0.25, 0.3) is 0 Å². The Bertz CT molecular complexity index is 470. The minimum absolute atomic E-state index is 0.0596. The Labute approximate surface area is 103 Å². The summed E-state index contributed by atoms with van der Waals surface area (Å²) in [6, 6.07) is 6.91. The van der Waals surface area contributed by atoms with E-state index in [0.29, 0.717) is 0 Å². The molecule has 84 valence electrons. The van der Waals surface area contributed by atoms with Gasteiger partial charge in [-0.2, -0.15) is 11.3 Å². The van der Waals surface area contributed by atoms with E-state index in [-0.39, 0.29) is 16.9 Å². The molecule has 1 heterocycles. The maximum Gasteiger partial charge on any atom is 0.141 e. The van der Waals surface area contributed by atoms with Crippen molar-refractivity contribution in [3.8, 4) is 0 Å². The van der Waals surface area contributed by atoms with E-state index in [9.17, 15) is 4.39 Å². The van der Waals surface area contributed by atoms with Crippen LogP contribution in [0.1, 0.15) is 17.2 Å². The Morgan fingerprint density at radius 2 is 2.12 bits per heavy atom. The van der Waals surface area contributed by atoms with Gasteiger partial charge in [-0.3, -0.25) is 0 Å². The largest absolute Gasteiger partial charge is 0.309 e. The lowest BCUT2D eigenvalue weighted by Gasteiger charge is -2.15. The molecule has 0 fully saturated rings. The SMILES string of the molecule is CNC(c1ccsc1)c1ccc(F)c(Cl)c1. The van der Waals surface area contributed by atoms with E-state index < -0.39 is 0 Å². The van der Waals surface area contributed by atoms with Crippen LogP contribution in [0.3, 0.4) is 0 Å². The Hall–Kier alpha value is -0.900. The van der Waals surface area contributed by atoms with E-state index in [1.165, 1.54) is 6.07 Å². The number of rotatable bonds is 3. The molecule has 0 amide bonds. The molecule has 2 aromatic rings. The zero-order valence-corrected chi connectivity index (χ0v) is 10.3. The predicted molar refractivity (Wildman–Crippen MR) is 66.6 cm³/mol. The lowest BCUT2D eigenvalue weighted by atomic mass is 10.0. The second-order valence-corrected chi connectivity index (χ2v) is 4.64. The van der Waals surface area contributed by atoms with Gasteiger partial charge in [0.05, 0.1) is 11.1 Å². The topological polar surface area (TPSA) is 12.0 Å². The highest BCUT2D eigenvalue weighted by molar-refractivity contribution is 7.08. The molecule has 1 unspecified atom stereocenters. The molecule has 1 nitrogen and oxygen atoms in total. The summed E-state index contributed by atoms with van der Waals surface area (Å²) in [5.41, 5.74) is 2.13. The van der Waals surface area contributed by atoms with Crippen molar-refractivity contribution < 1.29 is 4.39 Å². The summed E-state index contributed by atoms with van der Waals surface area (Å²) in [4.78, 5) is 0. The fourth-order valence-corrected chi connectivity index (χ4v) is 2.53. The van der Waals surface area contributed by atoms with Crippen LogP contribution in [0.15, 0.2) is 35.0 Å². The van der Waals surface area contributed by atoms with Gasteiger partial charge >= 0.3 is 0 Å². The van der Waals surface area contributed by atoms with Gasteiger partial charge in [0.15, 0.2) is 0 Å². The molecule has 0 saturated heterocycles. The van der Waals surface area contributed by atoms with Gasteiger partial charge in [-0.15, -0.1) is 0 Å². The van der Waals surface area contributed by atoms with Crippen molar-refractivity contribution in [1.82, 2.24) is 5.32 Å². The van der Waals surface area contributed by atoms with Gasteiger partial charge in [-0.1, -0.05) is 17.7 Å². The molecule has 4 heteroatoms. The van der Waals surface area contributed by atoms with Crippen LogP contribution in [0.25, 0.3) is 0 Å². The van der Waals surface area contributed by atoms with Crippen LogP contribution in [-0.2, 0) is 0 Å². The maximum absolute atomic E-state index is 13.1. The smallest absolute Gasteiger partial charge is 0.141 e. The highest BCUT2D eigenvalue weighted by Gasteiger charge is 2.13.